The fraction of sp³-hybridized carbons (Fsp3) is 0.458. The third kappa shape index (κ3) is 6.88. The van der Waals surface area contributed by atoms with E-state index in [9.17, 15) is 31.1 Å². The molecule has 0 radical (unpaired) electrons. The second-order valence-corrected chi connectivity index (χ2v) is 8.41. The number of rotatable bonds is 7. The summed E-state index contributed by atoms with van der Waals surface area (Å²) in [7, 11) is 1.61. The van der Waals surface area contributed by atoms with E-state index in [0.29, 0.717) is 18.7 Å². The SMILES string of the molecule is COc1ccccc1CNC1CCC(CNC(=O)c2cc(C(F)(F)F)cc(C(F)(F)F)c2)CC1. The molecule has 0 unspecified atom stereocenters. The van der Waals surface area contributed by atoms with Gasteiger partial charge in [0.2, 0.25) is 0 Å². The van der Waals surface area contributed by atoms with Crippen molar-refractivity contribution in [2.75, 3.05) is 13.7 Å². The molecule has 0 spiro atoms. The Hall–Kier alpha value is -2.75. The molecule has 1 aliphatic rings. The minimum atomic E-state index is -4.99. The lowest BCUT2D eigenvalue weighted by Gasteiger charge is -2.29. The first kappa shape index (κ1) is 25.9. The highest BCUT2D eigenvalue weighted by Gasteiger charge is 2.37. The van der Waals surface area contributed by atoms with Crippen LogP contribution in [0.5, 0.6) is 5.75 Å². The Bertz CT molecular complexity index is 950. The van der Waals surface area contributed by atoms with Crippen molar-refractivity contribution >= 4 is 5.91 Å². The molecule has 0 bridgehead atoms. The molecule has 10 heteroatoms. The van der Waals surface area contributed by atoms with E-state index in [1.807, 2.05) is 24.3 Å². The quantitative estimate of drug-likeness (QED) is 0.484. The number of alkyl halides is 6. The Labute approximate surface area is 193 Å². The number of nitrogens with one attached hydrogen (secondary N) is 2. The largest absolute Gasteiger partial charge is 0.496 e. The number of hydrogen-bond acceptors (Lipinski definition) is 3. The number of benzene rings is 2. The summed E-state index contributed by atoms with van der Waals surface area (Å²) in [6.45, 7) is 0.836. The van der Waals surface area contributed by atoms with Crippen molar-refractivity contribution in [2.24, 2.45) is 5.92 Å². The molecule has 34 heavy (non-hydrogen) atoms. The first-order valence-electron chi connectivity index (χ1n) is 10.9. The van der Waals surface area contributed by atoms with Crippen molar-refractivity contribution in [3.8, 4) is 5.75 Å². The van der Waals surface area contributed by atoms with E-state index < -0.39 is 35.0 Å². The van der Waals surface area contributed by atoms with Gasteiger partial charge >= 0.3 is 12.4 Å². The fourth-order valence-electron chi connectivity index (χ4n) is 4.10. The van der Waals surface area contributed by atoms with Crippen LogP contribution < -0.4 is 15.4 Å². The van der Waals surface area contributed by atoms with Gasteiger partial charge in [-0.2, -0.15) is 26.3 Å². The van der Waals surface area contributed by atoms with E-state index >= 15 is 0 Å². The lowest BCUT2D eigenvalue weighted by Crippen LogP contribution is -2.36. The van der Waals surface area contributed by atoms with E-state index in [2.05, 4.69) is 10.6 Å². The summed E-state index contributed by atoms with van der Waals surface area (Å²) in [6, 6.07) is 8.87. The number of amides is 1. The van der Waals surface area contributed by atoms with Crippen molar-refractivity contribution < 1.29 is 35.9 Å². The molecule has 0 atom stereocenters. The second-order valence-electron chi connectivity index (χ2n) is 8.41. The van der Waals surface area contributed by atoms with E-state index in [0.717, 1.165) is 37.0 Å². The monoisotopic (exact) mass is 488 g/mol. The predicted molar refractivity (Wildman–Crippen MR) is 114 cm³/mol. The Morgan fingerprint density at radius 1 is 0.941 bits per heavy atom. The number of methoxy groups -OCH3 is 1. The third-order valence-electron chi connectivity index (χ3n) is 6.02. The zero-order valence-corrected chi connectivity index (χ0v) is 18.5. The summed E-state index contributed by atoms with van der Waals surface area (Å²) in [5.41, 5.74) is -2.63. The Morgan fingerprint density at radius 2 is 1.53 bits per heavy atom. The van der Waals surface area contributed by atoms with Crippen molar-refractivity contribution in [3.63, 3.8) is 0 Å². The number of carbonyl (C=O) groups is 1. The van der Waals surface area contributed by atoms with Crippen LogP contribution in [0, 0.1) is 5.92 Å². The molecule has 0 saturated heterocycles. The topological polar surface area (TPSA) is 50.4 Å². The van der Waals surface area contributed by atoms with Crippen LogP contribution in [0.3, 0.4) is 0 Å². The lowest BCUT2D eigenvalue weighted by molar-refractivity contribution is -0.143. The Morgan fingerprint density at radius 3 is 2.09 bits per heavy atom. The van der Waals surface area contributed by atoms with Crippen LogP contribution in [0.1, 0.15) is 52.7 Å². The van der Waals surface area contributed by atoms with Gasteiger partial charge in [-0.25, -0.2) is 0 Å². The minimum absolute atomic E-state index is 0.0100. The summed E-state index contributed by atoms with van der Waals surface area (Å²) in [6.07, 6.45) is -6.74. The molecule has 1 aliphatic carbocycles. The third-order valence-corrected chi connectivity index (χ3v) is 6.02. The van der Waals surface area contributed by atoms with E-state index in [1.165, 1.54) is 0 Å². The minimum Gasteiger partial charge on any atom is -0.496 e. The Kier molecular flexibility index (Phi) is 8.12. The van der Waals surface area contributed by atoms with Gasteiger partial charge in [0.05, 0.1) is 18.2 Å². The van der Waals surface area contributed by atoms with Gasteiger partial charge in [-0.1, -0.05) is 18.2 Å². The summed E-state index contributed by atoms with van der Waals surface area (Å²) in [5, 5.41) is 5.99. The maximum absolute atomic E-state index is 13.0. The second kappa shape index (κ2) is 10.7. The number of hydrogen-bond donors (Lipinski definition) is 2. The fourth-order valence-corrected chi connectivity index (χ4v) is 4.10. The standard InChI is InChI=1S/C24H26F6N2O2/c1-34-21-5-3-2-4-16(21)14-31-20-8-6-15(7-9-20)13-32-22(33)17-10-18(23(25,26)27)12-19(11-17)24(28,29)30/h2-5,10-12,15,20,31H,6-9,13-14H2,1H3,(H,32,33). The molecule has 4 nitrogen and oxygen atoms in total. The van der Waals surface area contributed by atoms with Crippen LogP contribution in [-0.2, 0) is 18.9 Å². The van der Waals surface area contributed by atoms with E-state index in [1.54, 1.807) is 7.11 Å². The highest BCUT2D eigenvalue weighted by Crippen LogP contribution is 2.36. The first-order valence-corrected chi connectivity index (χ1v) is 10.9. The van der Waals surface area contributed by atoms with Crippen LogP contribution in [0.15, 0.2) is 42.5 Å². The molecular formula is C24H26F6N2O2. The van der Waals surface area contributed by atoms with Crippen LogP contribution in [0.2, 0.25) is 0 Å². The number of carbonyl (C=O) groups excluding carboxylic acids is 1. The average molecular weight is 488 g/mol. The van der Waals surface area contributed by atoms with Gasteiger partial charge in [-0.05, 0) is 55.9 Å². The first-order chi connectivity index (χ1) is 16.0. The van der Waals surface area contributed by atoms with Gasteiger partial charge in [-0.3, -0.25) is 4.79 Å². The summed E-state index contributed by atoms with van der Waals surface area (Å²) < 4.78 is 83.4. The van der Waals surface area contributed by atoms with E-state index in [-0.39, 0.29) is 24.6 Å². The van der Waals surface area contributed by atoms with Crippen LogP contribution in [0.25, 0.3) is 0 Å². The van der Waals surface area contributed by atoms with Gasteiger partial charge in [-0.15, -0.1) is 0 Å². The molecule has 2 aromatic rings. The normalized spacial score (nSPS) is 19.0. The average Bonchev–Trinajstić information content (AvgIpc) is 2.80. The van der Waals surface area contributed by atoms with Gasteiger partial charge in [0, 0.05) is 30.3 Å². The van der Waals surface area contributed by atoms with Gasteiger partial charge in [0.25, 0.3) is 5.91 Å². The zero-order chi connectivity index (χ0) is 24.9. The van der Waals surface area contributed by atoms with Crippen molar-refractivity contribution in [1.29, 1.82) is 0 Å². The molecule has 0 heterocycles. The molecule has 0 aromatic heterocycles. The number of ether oxygens (including phenoxy) is 1. The summed E-state index contributed by atoms with van der Waals surface area (Å²) in [4.78, 5) is 12.4. The highest BCUT2D eigenvalue weighted by molar-refractivity contribution is 5.94. The van der Waals surface area contributed by atoms with Gasteiger partial charge in [0.15, 0.2) is 0 Å². The Balaban J connectivity index is 1.52. The molecule has 1 saturated carbocycles. The van der Waals surface area contributed by atoms with Gasteiger partial charge in [0.1, 0.15) is 5.75 Å². The lowest BCUT2D eigenvalue weighted by atomic mass is 9.86. The maximum atomic E-state index is 13.0. The maximum Gasteiger partial charge on any atom is 0.416 e. The molecule has 2 N–H and O–H groups in total. The van der Waals surface area contributed by atoms with Crippen molar-refractivity contribution in [2.45, 2.75) is 50.6 Å². The number of halogens is 6. The van der Waals surface area contributed by atoms with Crippen molar-refractivity contribution in [3.05, 3.63) is 64.7 Å². The van der Waals surface area contributed by atoms with Crippen LogP contribution in [-0.4, -0.2) is 25.6 Å². The van der Waals surface area contributed by atoms with E-state index in [4.69, 9.17) is 4.74 Å². The van der Waals surface area contributed by atoms with Crippen LogP contribution in [0.4, 0.5) is 26.3 Å². The highest BCUT2D eigenvalue weighted by atomic mass is 19.4. The summed E-state index contributed by atoms with van der Waals surface area (Å²) in [5.74, 6) is -0.0520. The molecule has 0 aliphatic heterocycles. The number of para-hydroxylation sites is 1. The molecule has 3 rings (SSSR count). The predicted octanol–water partition coefficient (Wildman–Crippen LogP) is 5.81. The molecule has 1 amide bonds. The van der Waals surface area contributed by atoms with Gasteiger partial charge < -0.3 is 15.4 Å². The van der Waals surface area contributed by atoms with Crippen molar-refractivity contribution in [1.82, 2.24) is 10.6 Å². The molecule has 2 aromatic carbocycles. The smallest absolute Gasteiger partial charge is 0.416 e. The van der Waals surface area contributed by atoms with Crippen LogP contribution >= 0.6 is 0 Å². The molecule has 1 fully saturated rings. The zero-order valence-electron chi connectivity index (χ0n) is 18.5. The molecule has 186 valence electrons. The molecular weight excluding hydrogens is 462 g/mol. The summed E-state index contributed by atoms with van der Waals surface area (Å²) >= 11 is 0.